The van der Waals surface area contributed by atoms with Crippen molar-refractivity contribution in [1.29, 1.82) is 0 Å². The standard InChI is InChI=1S/C16H9F2N7O3/c17-16(18)27-11-5-9-10(6-12(11)28-16)20-15(19-9)21-14(26)8-3-1-2-7(4-8)13-22-24-25-23-13/h1-6H,(H2,19,20,21,26)(H,22,23,24,25). The molecule has 0 radical (unpaired) electrons. The van der Waals surface area contributed by atoms with Gasteiger partial charge in [-0.05, 0) is 22.6 Å². The lowest BCUT2D eigenvalue weighted by Gasteiger charge is -2.04. The largest absolute Gasteiger partial charge is 0.586 e. The number of aromatic nitrogens is 6. The molecule has 0 saturated carbocycles. The fraction of sp³-hybridized carbons (Fsp3) is 0.0625. The van der Waals surface area contributed by atoms with E-state index in [0.717, 1.165) is 0 Å². The Labute approximate surface area is 153 Å². The van der Waals surface area contributed by atoms with Crippen molar-refractivity contribution in [3.8, 4) is 22.9 Å². The molecule has 3 heterocycles. The first-order valence-corrected chi connectivity index (χ1v) is 7.92. The van der Waals surface area contributed by atoms with Gasteiger partial charge >= 0.3 is 6.29 Å². The van der Waals surface area contributed by atoms with Crippen LogP contribution < -0.4 is 14.8 Å². The number of tetrazole rings is 1. The number of hydrogen-bond donors (Lipinski definition) is 3. The number of amides is 1. The summed E-state index contributed by atoms with van der Waals surface area (Å²) in [7, 11) is 0. The highest BCUT2D eigenvalue weighted by molar-refractivity contribution is 6.04. The second-order valence-electron chi connectivity index (χ2n) is 5.85. The summed E-state index contributed by atoms with van der Waals surface area (Å²) in [5, 5.41) is 16.0. The van der Waals surface area contributed by atoms with Gasteiger partial charge in [-0.2, -0.15) is 0 Å². The minimum Gasteiger partial charge on any atom is -0.395 e. The van der Waals surface area contributed by atoms with E-state index in [-0.39, 0.29) is 17.4 Å². The van der Waals surface area contributed by atoms with Crippen molar-refractivity contribution in [2.75, 3.05) is 5.32 Å². The summed E-state index contributed by atoms with van der Waals surface area (Å²) >= 11 is 0. The number of benzene rings is 2. The molecule has 140 valence electrons. The molecule has 1 amide bonds. The van der Waals surface area contributed by atoms with Gasteiger partial charge in [0.25, 0.3) is 5.91 Å². The minimum absolute atomic E-state index is 0.118. The summed E-state index contributed by atoms with van der Waals surface area (Å²) in [6.45, 7) is 0. The smallest absolute Gasteiger partial charge is 0.395 e. The highest BCUT2D eigenvalue weighted by Gasteiger charge is 2.43. The molecule has 5 rings (SSSR count). The number of nitrogens with zero attached hydrogens (tertiary/aromatic N) is 4. The van der Waals surface area contributed by atoms with Crippen molar-refractivity contribution in [2.24, 2.45) is 0 Å². The van der Waals surface area contributed by atoms with Crippen LogP contribution in [0.2, 0.25) is 0 Å². The first kappa shape index (κ1) is 16.1. The Morgan fingerprint density at radius 2 is 1.96 bits per heavy atom. The molecule has 0 atom stereocenters. The zero-order valence-electron chi connectivity index (χ0n) is 13.7. The van der Waals surface area contributed by atoms with Crippen LogP contribution in [-0.4, -0.2) is 42.8 Å². The molecule has 2 aromatic heterocycles. The van der Waals surface area contributed by atoms with Gasteiger partial charge in [0.15, 0.2) is 17.3 Å². The second-order valence-corrected chi connectivity index (χ2v) is 5.85. The zero-order valence-corrected chi connectivity index (χ0v) is 13.7. The Morgan fingerprint density at radius 1 is 1.14 bits per heavy atom. The predicted molar refractivity (Wildman–Crippen MR) is 89.9 cm³/mol. The van der Waals surface area contributed by atoms with E-state index in [1.807, 2.05) is 0 Å². The third kappa shape index (κ3) is 2.76. The van der Waals surface area contributed by atoms with Crippen molar-refractivity contribution in [1.82, 2.24) is 30.6 Å². The van der Waals surface area contributed by atoms with Crippen LogP contribution in [0.15, 0.2) is 36.4 Å². The first-order valence-electron chi connectivity index (χ1n) is 7.92. The molecule has 1 aliphatic heterocycles. The second kappa shape index (κ2) is 5.70. The number of H-pyrrole nitrogens is 2. The number of halogens is 2. The SMILES string of the molecule is O=C(Nc1nc2cc3c(cc2[nH]1)OC(F)(F)O3)c1cccc(-c2nnn[nH]2)c1. The van der Waals surface area contributed by atoms with E-state index in [0.29, 0.717) is 28.0 Å². The molecule has 0 bridgehead atoms. The van der Waals surface area contributed by atoms with Crippen molar-refractivity contribution >= 4 is 22.9 Å². The number of imidazole rings is 1. The van der Waals surface area contributed by atoms with Crippen molar-refractivity contribution in [3.63, 3.8) is 0 Å². The summed E-state index contributed by atoms with van der Waals surface area (Å²) in [5.74, 6) is -0.116. The number of alkyl halides is 2. The van der Waals surface area contributed by atoms with Crippen LogP contribution in [-0.2, 0) is 0 Å². The van der Waals surface area contributed by atoms with E-state index in [2.05, 4.69) is 45.4 Å². The number of nitrogens with one attached hydrogen (secondary N) is 3. The van der Waals surface area contributed by atoms with Gasteiger partial charge in [-0.25, -0.2) is 10.1 Å². The first-order chi connectivity index (χ1) is 13.5. The van der Waals surface area contributed by atoms with Gasteiger partial charge < -0.3 is 14.5 Å². The maximum absolute atomic E-state index is 13.1. The molecule has 0 spiro atoms. The highest BCUT2D eigenvalue weighted by atomic mass is 19.3. The molecule has 2 aromatic carbocycles. The summed E-state index contributed by atoms with van der Waals surface area (Å²) < 4.78 is 35.0. The number of hydrogen-bond acceptors (Lipinski definition) is 7. The van der Waals surface area contributed by atoms with E-state index in [9.17, 15) is 13.6 Å². The molecular weight excluding hydrogens is 376 g/mol. The van der Waals surface area contributed by atoms with Gasteiger partial charge in [-0.1, -0.05) is 12.1 Å². The fourth-order valence-electron chi connectivity index (χ4n) is 2.78. The van der Waals surface area contributed by atoms with E-state index in [1.165, 1.54) is 12.1 Å². The van der Waals surface area contributed by atoms with E-state index in [4.69, 9.17) is 0 Å². The molecule has 4 aromatic rings. The fourth-order valence-corrected chi connectivity index (χ4v) is 2.78. The maximum Gasteiger partial charge on any atom is 0.586 e. The van der Waals surface area contributed by atoms with Crippen LogP contribution in [0, 0.1) is 0 Å². The third-order valence-corrected chi connectivity index (χ3v) is 3.98. The van der Waals surface area contributed by atoms with Gasteiger partial charge in [-0.3, -0.25) is 10.1 Å². The average Bonchev–Trinajstić information content (AvgIpc) is 3.36. The van der Waals surface area contributed by atoms with Crippen LogP contribution in [0.25, 0.3) is 22.4 Å². The van der Waals surface area contributed by atoms with Gasteiger partial charge in [0, 0.05) is 23.3 Å². The van der Waals surface area contributed by atoms with Crippen LogP contribution in [0.3, 0.4) is 0 Å². The van der Waals surface area contributed by atoms with Crippen LogP contribution in [0.5, 0.6) is 11.5 Å². The van der Waals surface area contributed by atoms with Gasteiger partial charge in [0.05, 0.1) is 11.0 Å². The van der Waals surface area contributed by atoms with Crippen molar-refractivity contribution in [3.05, 3.63) is 42.0 Å². The van der Waals surface area contributed by atoms with E-state index < -0.39 is 12.2 Å². The lowest BCUT2D eigenvalue weighted by atomic mass is 10.1. The molecule has 1 aliphatic rings. The summed E-state index contributed by atoms with van der Waals surface area (Å²) in [4.78, 5) is 19.5. The van der Waals surface area contributed by atoms with E-state index >= 15 is 0 Å². The highest BCUT2D eigenvalue weighted by Crippen LogP contribution is 2.42. The lowest BCUT2D eigenvalue weighted by Crippen LogP contribution is -2.25. The Bertz CT molecular complexity index is 1160. The van der Waals surface area contributed by atoms with Gasteiger partial charge in [0.1, 0.15) is 0 Å². The quantitative estimate of drug-likeness (QED) is 0.493. The van der Waals surface area contributed by atoms with Crippen LogP contribution >= 0.6 is 0 Å². The normalized spacial score (nSPS) is 14.4. The Balaban J connectivity index is 1.40. The molecule has 0 aliphatic carbocycles. The zero-order chi connectivity index (χ0) is 19.3. The molecule has 10 nitrogen and oxygen atoms in total. The number of anilines is 1. The molecular formula is C16H9F2N7O3. The lowest BCUT2D eigenvalue weighted by molar-refractivity contribution is -0.286. The Morgan fingerprint density at radius 3 is 2.75 bits per heavy atom. The van der Waals surface area contributed by atoms with Gasteiger partial charge in [-0.15, -0.1) is 13.9 Å². The summed E-state index contributed by atoms with van der Waals surface area (Å²) in [6.07, 6.45) is -3.71. The minimum atomic E-state index is -3.71. The van der Waals surface area contributed by atoms with Crippen LogP contribution in [0.1, 0.15) is 10.4 Å². The number of carbonyl (C=O) groups is 1. The molecule has 0 unspecified atom stereocenters. The number of rotatable bonds is 3. The Kier molecular flexibility index (Phi) is 3.28. The van der Waals surface area contributed by atoms with Gasteiger partial charge in [0.2, 0.25) is 5.95 Å². The number of carbonyl (C=O) groups excluding carboxylic acids is 1. The average molecular weight is 385 g/mol. The van der Waals surface area contributed by atoms with Crippen LogP contribution in [0.4, 0.5) is 14.7 Å². The predicted octanol–water partition coefficient (Wildman–Crippen LogP) is 2.32. The van der Waals surface area contributed by atoms with Crippen molar-refractivity contribution < 1.29 is 23.0 Å². The molecule has 0 fully saturated rings. The molecule has 0 saturated heterocycles. The molecule has 12 heteroatoms. The van der Waals surface area contributed by atoms with E-state index in [1.54, 1.807) is 24.3 Å². The number of ether oxygens (including phenoxy) is 2. The number of aromatic amines is 2. The Hall–Kier alpha value is -4.09. The number of fused-ring (bicyclic) bond motifs is 2. The van der Waals surface area contributed by atoms with Crippen molar-refractivity contribution in [2.45, 2.75) is 6.29 Å². The monoisotopic (exact) mass is 385 g/mol. The summed E-state index contributed by atoms with van der Waals surface area (Å²) in [6, 6.07) is 9.28. The third-order valence-electron chi connectivity index (χ3n) is 3.98. The maximum atomic E-state index is 13.1. The summed E-state index contributed by atoms with van der Waals surface area (Å²) in [5.41, 5.74) is 1.71. The molecule has 3 N–H and O–H groups in total. The molecule has 28 heavy (non-hydrogen) atoms. The topological polar surface area (TPSA) is 131 Å².